The van der Waals surface area contributed by atoms with Crippen molar-refractivity contribution in [1.29, 1.82) is 0 Å². The van der Waals surface area contributed by atoms with Gasteiger partial charge in [-0.1, -0.05) is 12.1 Å². The number of amides is 2. The van der Waals surface area contributed by atoms with E-state index in [4.69, 9.17) is 14.2 Å². The SMILES string of the molecule is COCC(=O)Nc1cccc(CNC(=O)c2cc(OC)c(C)c(OC)c2)c1. The average molecular weight is 372 g/mol. The first-order valence-corrected chi connectivity index (χ1v) is 8.37. The number of hydrogen-bond acceptors (Lipinski definition) is 5. The molecule has 0 unspecified atom stereocenters. The van der Waals surface area contributed by atoms with Gasteiger partial charge in [-0.15, -0.1) is 0 Å². The van der Waals surface area contributed by atoms with Gasteiger partial charge >= 0.3 is 0 Å². The van der Waals surface area contributed by atoms with Crippen molar-refractivity contribution >= 4 is 17.5 Å². The van der Waals surface area contributed by atoms with Crippen LogP contribution in [-0.2, 0) is 16.1 Å². The number of rotatable bonds is 8. The molecule has 0 saturated carbocycles. The molecule has 0 aliphatic rings. The highest BCUT2D eigenvalue weighted by molar-refractivity contribution is 5.95. The summed E-state index contributed by atoms with van der Waals surface area (Å²) in [5.74, 6) is 0.683. The molecule has 7 heteroatoms. The van der Waals surface area contributed by atoms with E-state index in [1.54, 1.807) is 38.5 Å². The second-order valence-electron chi connectivity index (χ2n) is 5.87. The fourth-order valence-electron chi connectivity index (χ4n) is 2.59. The third-order valence-corrected chi connectivity index (χ3v) is 3.95. The summed E-state index contributed by atoms with van der Waals surface area (Å²) in [6.07, 6.45) is 0. The van der Waals surface area contributed by atoms with Gasteiger partial charge in [0.25, 0.3) is 5.91 Å². The summed E-state index contributed by atoms with van der Waals surface area (Å²) >= 11 is 0. The van der Waals surface area contributed by atoms with Crippen molar-refractivity contribution in [3.05, 3.63) is 53.1 Å². The zero-order chi connectivity index (χ0) is 19.8. The molecule has 27 heavy (non-hydrogen) atoms. The molecule has 7 nitrogen and oxygen atoms in total. The Kier molecular flexibility index (Phi) is 7.19. The highest BCUT2D eigenvalue weighted by Crippen LogP contribution is 2.29. The van der Waals surface area contributed by atoms with Crippen LogP contribution in [0.15, 0.2) is 36.4 Å². The molecule has 0 fully saturated rings. The minimum Gasteiger partial charge on any atom is -0.496 e. The van der Waals surface area contributed by atoms with Gasteiger partial charge in [0, 0.05) is 30.5 Å². The molecule has 0 atom stereocenters. The van der Waals surface area contributed by atoms with Gasteiger partial charge in [0.15, 0.2) is 0 Å². The van der Waals surface area contributed by atoms with Crippen molar-refractivity contribution in [3.63, 3.8) is 0 Å². The average Bonchev–Trinajstić information content (AvgIpc) is 2.66. The smallest absolute Gasteiger partial charge is 0.251 e. The maximum absolute atomic E-state index is 12.5. The van der Waals surface area contributed by atoms with Crippen molar-refractivity contribution in [2.75, 3.05) is 33.3 Å². The first-order chi connectivity index (χ1) is 13.0. The van der Waals surface area contributed by atoms with Gasteiger partial charge in [0.1, 0.15) is 18.1 Å². The van der Waals surface area contributed by atoms with Gasteiger partial charge in [-0.25, -0.2) is 0 Å². The Morgan fingerprint density at radius 2 is 1.67 bits per heavy atom. The van der Waals surface area contributed by atoms with Gasteiger partial charge in [0.2, 0.25) is 5.91 Å². The molecule has 0 spiro atoms. The molecule has 0 aromatic heterocycles. The molecular formula is C20H24N2O5. The Bertz CT molecular complexity index is 795. The highest BCUT2D eigenvalue weighted by atomic mass is 16.5. The fraction of sp³-hybridized carbons (Fsp3) is 0.300. The molecule has 0 saturated heterocycles. The van der Waals surface area contributed by atoms with Crippen LogP contribution in [0.3, 0.4) is 0 Å². The van der Waals surface area contributed by atoms with Crippen LogP contribution >= 0.6 is 0 Å². The van der Waals surface area contributed by atoms with Gasteiger partial charge in [-0.3, -0.25) is 9.59 Å². The van der Waals surface area contributed by atoms with Gasteiger partial charge in [0.05, 0.1) is 14.2 Å². The predicted molar refractivity (Wildman–Crippen MR) is 102 cm³/mol. The molecule has 2 amide bonds. The standard InChI is InChI=1S/C20H24N2O5/c1-13-17(26-3)9-15(10-18(13)27-4)20(24)21-11-14-6-5-7-16(8-14)22-19(23)12-25-2/h5-10H,11-12H2,1-4H3,(H,21,24)(H,22,23). The molecule has 0 bridgehead atoms. The fourth-order valence-corrected chi connectivity index (χ4v) is 2.59. The molecular weight excluding hydrogens is 348 g/mol. The Hall–Kier alpha value is -3.06. The summed E-state index contributed by atoms with van der Waals surface area (Å²) in [7, 11) is 4.56. The lowest BCUT2D eigenvalue weighted by atomic mass is 10.1. The topological polar surface area (TPSA) is 85.9 Å². The van der Waals surface area contributed by atoms with Crippen molar-refractivity contribution in [2.24, 2.45) is 0 Å². The summed E-state index contributed by atoms with van der Waals surface area (Å²) in [6.45, 7) is 2.16. The quantitative estimate of drug-likeness (QED) is 0.744. The van der Waals surface area contributed by atoms with Crippen LogP contribution in [0.1, 0.15) is 21.5 Å². The number of benzene rings is 2. The summed E-state index contributed by atoms with van der Waals surface area (Å²) < 4.78 is 15.4. The van der Waals surface area contributed by atoms with Gasteiger partial charge in [-0.05, 0) is 36.8 Å². The van der Waals surface area contributed by atoms with Gasteiger partial charge < -0.3 is 24.8 Å². The minimum absolute atomic E-state index is 0.0158. The molecule has 144 valence electrons. The molecule has 2 aromatic rings. The Morgan fingerprint density at radius 1 is 1.00 bits per heavy atom. The van der Waals surface area contributed by atoms with E-state index >= 15 is 0 Å². The zero-order valence-electron chi connectivity index (χ0n) is 15.9. The molecule has 0 heterocycles. The molecule has 0 radical (unpaired) electrons. The van der Waals surface area contributed by atoms with E-state index in [1.807, 2.05) is 19.1 Å². The third-order valence-electron chi connectivity index (χ3n) is 3.95. The Morgan fingerprint density at radius 3 is 2.26 bits per heavy atom. The van der Waals surface area contributed by atoms with Gasteiger partial charge in [-0.2, -0.15) is 0 Å². The Balaban J connectivity index is 2.06. The van der Waals surface area contributed by atoms with E-state index in [0.29, 0.717) is 29.3 Å². The van der Waals surface area contributed by atoms with Crippen LogP contribution in [-0.4, -0.2) is 39.8 Å². The summed E-state index contributed by atoms with van der Waals surface area (Å²) in [6, 6.07) is 10.6. The lowest BCUT2D eigenvalue weighted by molar-refractivity contribution is -0.119. The Labute approximate surface area is 158 Å². The van der Waals surface area contributed by atoms with E-state index in [-0.39, 0.29) is 18.4 Å². The monoisotopic (exact) mass is 372 g/mol. The lowest BCUT2D eigenvalue weighted by Gasteiger charge is -2.13. The molecule has 2 rings (SSSR count). The highest BCUT2D eigenvalue weighted by Gasteiger charge is 2.13. The number of nitrogens with one attached hydrogen (secondary N) is 2. The number of methoxy groups -OCH3 is 3. The molecule has 0 aliphatic carbocycles. The first-order valence-electron chi connectivity index (χ1n) is 8.37. The third kappa shape index (κ3) is 5.46. The summed E-state index contributed by atoms with van der Waals surface area (Å²) in [5.41, 5.74) is 2.77. The number of carbonyl (C=O) groups excluding carboxylic acids is 2. The van der Waals surface area contributed by atoms with E-state index in [0.717, 1.165) is 11.1 Å². The summed E-state index contributed by atoms with van der Waals surface area (Å²) in [5, 5.41) is 5.58. The second kappa shape index (κ2) is 9.59. The zero-order valence-corrected chi connectivity index (χ0v) is 15.9. The maximum atomic E-state index is 12.5. The lowest BCUT2D eigenvalue weighted by Crippen LogP contribution is -2.23. The van der Waals surface area contributed by atoms with Crippen LogP contribution in [0.5, 0.6) is 11.5 Å². The number of ether oxygens (including phenoxy) is 3. The van der Waals surface area contributed by atoms with Crippen LogP contribution in [0.25, 0.3) is 0 Å². The van der Waals surface area contributed by atoms with Crippen LogP contribution in [0.2, 0.25) is 0 Å². The molecule has 2 N–H and O–H groups in total. The van der Waals surface area contributed by atoms with Crippen molar-refractivity contribution in [3.8, 4) is 11.5 Å². The predicted octanol–water partition coefficient (Wildman–Crippen LogP) is 2.53. The normalized spacial score (nSPS) is 10.2. The number of hydrogen-bond donors (Lipinski definition) is 2. The van der Waals surface area contributed by atoms with E-state index in [9.17, 15) is 9.59 Å². The van der Waals surface area contributed by atoms with Crippen molar-refractivity contribution < 1.29 is 23.8 Å². The second-order valence-corrected chi connectivity index (χ2v) is 5.87. The van der Waals surface area contributed by atoms with Crippen molar-refractivity contribution in [1.82, 2.24) is 5.32 Å². The minimum atomic E-state index is -0.250. The largest absolute Gasteiger partial charge is 0.496 e. The van der Waals surface area contributed by atoms with E-state index in [2.05, 4.69) is 10.6 Å². The van der Waals surface area contributed by atoms with Crippen molar-refractivity contribution in [2.45, 2.75) is 13.5 Å². The van der Waals surface area contributed by atoms with E-state index < -0.39 is 0 Å². The molecule has 0 aliphatic heterocycles. The van der Waals surface area contributed by atoms with Crippen LogP contribution in [0.4, 0.5) is 5.69 Å². The summed E-state index contributed by atoms with van der Waals surface area (Å²) in [4.78, 5) is 24.1. The van der Waals surface area contributed by atoms with Crippen LogP contribution in [0, 0.1) is 6.92 Å². The number of anilines is 1. The van der Waals surface area contributed by atoms with E-state index in [1.165, 1.54) is 7.11 Å². The van der Waals surface area contributed by atoms with Crippen LogP contribution < -0.4 is 20.1 Å². The first kappa shape index (κ1) is 20.3. The maximum Gasteiger partial charge on any atom is 0.251 e. The number of carbonyl (C=O) groups is 2. The molecule has 2 aromatic carbocycles.